The number of nitrogens with zero attached hydrogens (tertiary/aromatic N) is 1. The highest BCUT2D eigenvalue weighted by Gasteiger charge is 2.48. The summed E-state index contributed by atoms with van der Waals surface area (Å²) >= 11 is 0. The van der Waals surface area contributed by atoms with Gasteiger partial charge in [-0.05, 0) is 36.2 Å². The third-order valence-corrected chi connectivity index (χ3v) is 4.41. The monoisotopic (exact) mass is 347 g/mol. The Bertz CT molecular complexity index is 832. The molecule has 0 amide bonds. The molecule has 0 bridgehead atoms. The minimum atomic E-state index is -5.68. The molecule has 0 aliphatic carbocycles. The molecule has 0 saturated carbocycles. The molecular formula is C14H12F3NO4S. The largest absolute Gasteiger partial charge is 0.534 e. The van der Waals surface area contributed by atoms with Crippen LogP contribution in [0.25, 0.3) is 10.9 Å². The van der Waals surface area contributed by atoms with E-state index in [1.54, 1.807) is 12.3 Å². The van der Waals surface area contributed by atoms with E-state index in [0.29, 0.717) is 30.0 Å². The normalized spacial score (nSPS) is 16.3. The lowest BCUT2D eigenvalue weighted by Crippen LogP contribution is -2.29. The Hall–Kier alpha value is -1.87. The summed E-state index contributed by atoms with van der Waals surface area (Å²) in [6.07, 6.45) is 2.43. The van der Waals surface area contributed by atoms with Crippen LogP contribution in [-0.4, -0.2) is 32.1 Å². The first kappa shape index (κ1) is 16.0. The number of hydrogen-bond acceptors (Lipinski definition) is 5. The third kappa shape index (κ3) is 3.40. The van der Waals surface area contributed by atoms with Gasteiger partial charge in [-0.15, -0.1) is 0 Å². The van der Waals surface area contributed by atoms with Gasteiger partial charge in [0.15, 0.2) is 0 Å². The molecular weight excluding hydrogens is 335 g/mol. The van der Waals surface area contributed by atoms with Crippen molar-refractivity contribution >= 4 is 21.0 Å². The van der Waals surface area contributed by atoms with Gasteiger partial charge in [0.1, 0.15) is 5.75 Å². The van der Waals surface area contributed by atoms with E-state index in [-0.39, 0.29) is 0 Å². The standard InChI is InChI=1S/C14H12F3NO4S/c15-14(16,17)23(19,20)22-12-1-2-13-11(5-12)4-9(6-18-13)3-10-7-21-8-10/h1-2,4-6,10H,3,7-8H2. The predicted molar refractivity (Wildman–Crippen MR) is 75.4 cm³/mol. The quantitative estimate of drug-likeness (QED) is 0.628. The molecule has 1 saturated heterocycles. The van der Waals surface area contributed by atoms with Gasteiger partial charge in [-0.25, -0.2) is 0 Å². The van der Waals surface area contributed by atoms with E-state index in [1.165, 1.54) is 12.1 Å². The number of pyridine rings is 1. The summed E-state index contributed by atoms with van der Waals surface area (Å²) in [6, 6.07) is 5.53. The molecule has 5 nitrogen and oxygen atoms in total. The Labute approximate surface area is 130 Å². The Morgan fingerprint density at radius 2 is 2.00 bits per heavy atom. The molecule has 2 heterocycles. The second-order valence-corrected chi connectivity index (χ2v) is 6.83. The molecule has 1 fully saturated rings. The van der Waals surface area contributed by atoms with Crippen LogP contribution in [0.3, 0.4) is 0 Å². The minimum Gasteiger partial charge on any atom is -0.381 e. The first-order chi connectivity index (χ1) is 10.7. The van der Waals surface area contributed by atoms with Crippen molar-refractivity contribution in [2.45, 2.75) is 11.9 Å². The van der Waals surface area contributed by atoms with E-state index in [1.807, 2.05) is 0 Å². The summed E-state index contributed by atoms with van der Waals surface area (Å²) in [5.74, 6) is 0.0000392. The van der Waals surface area contributed by atoms with Crippen LogP contribution in [-0.2, 0) is 21.3 Å². The lowest BCUT2D eigenvalue weighted by atomic mass is 9.98. The summed E-state index contributed by atoms with van der Waals surface area (Å²) < 4.78 is 68.3. The van der Waals surface area contributed by atoms with Crippen molar-refractivity contribution < 1.29 is 30.5 Å². The maximum atomic E-state index is 12.3. The van der Waals surface area contributed by atoms with Crippen molar-refractivity contribution in [3.63, 3.8) is 0 Å². The number of hydrogen-bond donors (Lipinski definition) is 0. The predicted octanol–water partition coefficient (Wildman–Crippen LogP) is 2.65. The average Bonchev–Trinajstić information content (AvgIpc) is 2.41. The number of halogens is 3. The molecule has 9 heteroatoms. The van der Waals surface area contributed by atoms with Crippen LogP contribution in [0.1, 0.15) is 5.56 Å². The Kier molecular flexibility index (Phi) is 3.93. The highest BCUT2D eigenvalue weighted by atomic mass is 32.2. The van der Waals surface area contributed by atoms with Crippen molar-refractivity contribution in [2.75, 3.05) is 13.2 Å². The Balaban J connectivity index is 1.87. The molecule has 1 aromatic carbocycles. The van der Waals surface area contributed by atoms with Crippen LogP contribution < -0.4 is 4.18 Å². The highest BCUT2D eigenvalue weighted by Crippen LogP contribution is 2.29. The summed E-state index contributed by atoms with van der Waals surface area (Å²) in [7, 11) is -5.68. The molecule has 0 radical (unpaired) electrons. The first-order valence-corrected chi connectivity index (χ1v) is 8.12. The van der Waals surface area contributed by atoms with E-state index >= 15 is 0 Å². The topological polar surface area (TPSA) is 65.5 Å². The van der Waals surface area contributed by atoms with Crippen LogP contribution in [0.2, 0.25) is 0 Å². The number of rotatable bonds is 4. The van der Waals surface area contributed by atoms with Crippen LogP contribution in [0.4, 0.5) is 13.2 Å². The van der Waals surface area contributed by atoms with Gasteiger partial charge in [-0.3, -0.25) is 4.98 Å². The van der Waals surface area contributed by atoms with Crippen LogP contribution in [0.15, 0.2) is 30.5 Å². The van der Waals surface area contributed by atoms with Gasteiger partial charge in [0, 0.05) is 17.5 Å². The van der Waals surface area contributed by atoms with Crippen molar-refractivity contribution in [3.05, 3.63) is 36.0 Å². The minimum absolute atomic E-state index is 0.402. The molecule has 0 atom stereocenters. The van der Waals surface area contributed by atoms with Gasteiger partial charge >= 0.3 is 15.6 Å². The molecule has 1 aliphatic rings. The number of alkyl halides is 3. The average molecular weight is 347 g/mol. The zero-order valence-electron chi connectivity index (χ0n) is 11.7. The van der Waals surface area contributed by atoms with Gasteiger partial charge in [-0.2, -0.15) is 21.6 Å². The van der Waals surface area contributed by atoms with Crippen LogP contribution in [0.5, 0.6) is 5.75 Å². The fraction of sp³-hybridized carbons (Fsp3) is 0.357. The molecule has 0 unspecified atom stereocenters. The van der Waals surface area contributed by atoms with Crippen molar-refractivity contribution in [1.29, 1.82) is 0 Å². The molecule has 1 aliphatic heterocycles. The van der Waals surface area contributed by atoms with Gasteiger partial charge in [-0.1, -0.05) is 0 Å². The highest BCUT2D eigenvalue weighted by molar-refractivity contribution is 7.88. The lowest BCUT2D eigenvalue weighted by molar-refractivity contribution is -0.0500. The zero-order chi connectivity index (χ0) is 16.7. The fourth-order valence-corrected chi connectivity index (χ4v) is 2.68. The van der Waals surface area contributed by atoms with Crippen molar-refractivity contribution in [3.8, 4) is 5.75 Å². The zero-order valence-corrected chi connectivity index (χ0v) is 12.5. The molecule has 0 spiro atoms. The Morgan fingerprint density at radius 3 is 2.61 bits per heavy atom. The fourth-order valence-electron chi connectivity index (χ4n) is 2.23. The lowest BCUT2D eigenvalue weighted by Gasteiger charge is -2.25. The van der Waals surface area contributed by atoms with Gasteiger partial charge < -0.3 is 8.92 Å². The van der Waals surface area contributed by atoms with Gasteiger partial charge in [0.25, 0.3) is 0 Å². The number of benzene rings is 1. The van der Waals surface area contributed by atoms with Crippen molar-refractivity contribution in [2.24, 2.45) is 5.92 Å². The van der Waals surface area contributed by atoms with E-state index in [4.69, 9.17) is 4.74 Å². The maximum Gasteiger partial charge on any atom is 0.534 e. The second-order valence-electron chi connectivity index (χ2n) is 5.29. The smallest absolute Gasteiger partial charge is 0.381 e. The maximum absolute atomic E-state index is 12.3. The second kappa shape index (κ2) is 5.64. The van der Waals surface area contributed by atoms with E-state index < -0.39 is 21.4 Å². The van der Waals surface area contributed by atoms with E-state index in [2.05, 4.69) is 9.17 Å². The van der Waals surface area contributed by atoms with E-state index in [0.717, 1.165) is 18.1 Å². The molecule has 0 N–H and O–H groups in total. The van der Waals surface area contributed by atoms with Gasteiger partial charge in [0.2, 0.25) is 0 Å². The number of ether oxygens (including phenoxy) is 1. The third-order valence-electron chi connectivity index (χ3n) is 3.43. The molecule has 3 rings (SSSR count). The van der Waals surface area contributed by atoms with Crippen LogP contribution in [0, 0.1) is 5.92 Å². The number of fused-ring (bicyclic) bond motifs is 1. The SMILES string of the molecule is O=S(=O)(Oc1ccc2ncc(CC3COC3)cc2c1)C(F)(F)F. The van der Waals surface area contributed by atoms with Gasteiger partial charge in [0.05, 0.1) is 18.7 Å². The molecule has 23 heavy (non-hydrogen) atoms. The number of aromatic nitrogens is 1. The van der Waals surface area contributed by atoms with Crippen LogP contribution >= 0.6 is 0 Å². The summed E-state index contributed by atoms with van der Waals surface area (Å²) in [4.78, 5) is 4.21. The Morgan fingerprint density at radius 1 is 1.26 bits per heavy atom. The van der Waals surface area contributed by atoms with Crippen molar-refractivity contribution in [1.82, 2.24) is 4.98 Å². The first-order valence-electron chi connectivity index (χ1n) is 6.72. The summed E-state index contributed by atoms with van der Waals surface area (Å²) in [5, 5.41) is 0.512. The summed E-state index contributed by atoms with van der Waals surface area (Å²) in [5.41, 5.74) is -4.02. The molecule has 124 valence electrons. The summed E-state index contributed by atoms with van der Waals surface area (Å²) in [6.45, 7) is 1.34. The molecule has 2 aromatic rings. The molecule has 1 aromatic heterocycles. The van der Waals surface area contributed by atoms with E-state index in [9.17, 15) is 21.6 Å².